The number of carbonyl (C=O) groups excluding carboxylic acids is 1. The van der Waals surface area contributed by atoms with Crippen LogP contribution in [0, 0.1) is 0 Å². The van der Waals surface area contributed by atoms with E-state index in [1.165, 1.54) is 12.4 Å². The molecule has 0 radical (unpaired) electrons. The molecule has 0 aliphatic heterocycles. The van der Waals surface area contributed by atoms with Gasteiger partial charge in [-0.2, -0.15) is 0 Å². The predicted molar refractivity (Wildman–Crippen MR) is 149 cm³/mol. The summed E-state index contributed by atoms with van der Waals surface area (Å²) in [4.78, 5) is 30.8. The minimum Gasteiger partial charge on any atom is -0.422 e. The number of fused-ring (bicyclic) bond motifs is 1. The number of nitrogens with zero attached hydrogens (tertiary/aromatic N) is 6. The van der Waals surface area contributed by atoms with E-state index in [4.69, 9.17) is 10.5 Å². The molecule has 190 valence electrons. The van der Waals surface area contributed by atoms with E-state index in [0.29, 0.717) is 22.9 Å². The summed E-state index contributed by atoms with van der Waals surface area (Å²) in [6.07, 6.45) is 5.95. The monoisotopic (exact) mass is 506 g/mol. The smallest absolute Gasteiger partial charge is 0.321 e. The third-order valence-electron chi connectivity index (χ3n) is 6.08. The molecule has 0 saturated heterocycles. The summed E-state index contributed by atoms with van der Waals surface area (Å²) >= 11 is 0. The van der Waals surface area contributed by atoms with Gasteiger partial charge in [0.2, 0.25) is 5.91 Å². The highest BCUT2D eigenvalue weighted by atomic mass is 16.5. The highest BCUT2D eigenvalue weighted by Crippen LogP contribution is 2.44. The van der Waals surface area contributed by atoms with Crippen molar-refractivity contribution in [3.63, 3.8) is 0 Å². The van der Waals surface area contributed by atoms with Gasteiger partial charge in [-0.3, -0.25) is 4.79 Å². The van der Waals surface area contributed by atoms with Gasteiger partial charge in [0.25, 0.3) is 0 Å². The minimum atomic E-state index is -0.273. The van der Waals surface area contributed by atoms with Gasteiger partial charge in [0.05, 0.1) is 16.8 Å². The Morgan fingerprint density at radius 3 is 2.45 bits per heavy atom. The maximum atomic E-state index is 11.7. The fourth-order valence-corrected chi connectivity index (χ4v) is 4.34. The van der Waals surface area contributed by atoms with Gasteiger partial charge in [-0.15, -0.1) is 0 Å². The lowest BCUT2D eigenvalue weighted by Crippen LogP contribution is -2.10. The second kappa shape index (κ2) is 10.0. The highest BCUT2D eigenvalue weighted by Gasteiger charge is 2.23. The number of benzene rings is 2. The lowest BCUT2D eigenvalue weighted by molar-refractivity contribution is -0.111. The van der Waals surface area contributed by atoms with E-state index in [0.717, 1.165) is 33.5 Å². The van der Waals surface area contributed by atoms with E-state index in [1.807, 2.05) is 73.1 Å². The van der Waals surface area contributed by atoms with Crippen LogP contribution in [0.15, 0.2) is 79.9 Å². The third kappa shape index (κ3) is 4.50. The van der Waals surface area contributed by atoms with Crippen LogP contribution < -0.4 is 20.7 Å². The molecule has 2 aromatic carbocycles. The lowest BCUT2D eigenvalue weighted by atomic mass is 9.97. The van der Waals surface area contributed by atoms with Crippen LogP contribution in [-0.4, -0.2) is 44.5 Å². The molecule has 0 saturated carbocycles. The predicted octanol–water partition coefficient (Wildman–Crippen LogP) is 4.66. The standard InChI is InChI=1S/C28H26N8O2/c1-5-22(37)34-19-10-7-17(8-11-19)25-23(24-26(29)32-16-33-27(24)36(25)4)18-9-12-21(20(15-18)35(2)3)38-28-30-13-6-14-31-28/h5-16H,1H2,2-4H3,(H,34,37)(H2,29,32,33). The molecule has 0 aliphatic rings. The molecule has 5 rings (SSSR count). The van der Waals surface area contributed by atoms with Crippen molar-refractivity contribution in [3.8, 4) is 34.1 Å². The number of nitrogens with two attached hydrogens (primary N) is 1. The van der Waals surface area contributed by atoms with Crippen molar-refractivity contribution in [3.05, 3.63) is 79.9 Å². The van der Waals surface area contributed by atoms with Crippen molar-refractivity contribution >= 4 is 34.1 Å². The molecule has 3 aromatic heterocycles. The number of carbonyl (C=O) groups is 1. The zero-order valence-electron chi connectivity index (χ0n) is 21.2. The number of ether oxygens (including phenoxy) is 1. The van der Waals surface area contributed by atoms with Gasteiger partial charge in [0.15, 0.2) is 5.75 Å². The van der Waals surface area contributed by atoms with Crippen LogP contribution in [0.2, 0.25) is 0 Å². The van der Waals surface area contributed by atoms with Gasteiger partial charge in [0, 0.05) is 44.8 Å². The zero-order valence-corrected chi connectivity index (χ0v) is 21.2. The molecular weight excluding hydrogens is 480 g/mol. The Labute approximate surface area is 219 Å². The number of aromatic nitrogens is 5. The Morgan fingerprint density at radius 2 is 1.76 bits per heavy atom. The van der Waals surface area contributed by atoms with Crippen molar-refractivity contribution < 1.29 is 9.53 Å². The number of anilines is 3. The fraction of sp³-hybridized carbons (Fsp3) is 0.107. The Kier molecular flexibility index (Phi) is 6.44. The maximum Gasteiger partial charge on any atom is 0.321 e. The molecule has 1 amide bonds. The van der Waals surface area contributed by atoms with E-state index in [2.05, 4.69) is 31.8 Å². The maximum absolute atomic E-state index is 11.7. The number of aryl methyl sites for hydroxylation is 1. The van der Waals surface area contributed by atoms with Crippen LogP contribution >= 0.6 is 0 Å². The van der Waals surface area contributed by atoms with Crippen LogP contribution in [0.1, 0.15) is 0 Å². The van der Waals surface area contributed by atoms with E-state index in [9.17, 15) is 4.79 Å². The molecule has 0 bridgehead atoms. The molecule has 38 heavy (non-hydrogen) atoms. The molecule has 3 N–H and O–H groups in total. The summed E-state index contributed by atoms with van der Waals surface area (Å²) in [6.45, 7) is 3.50. The number of hydrogen-bond acceptors (Lipinski definition) is 8. The first-order valence-electron chi connectivity index (χ1n) is 11.8. The summed E-state index contributed by atoms with van der Waals surface area (Å²) < 4.78 is 7.98. The van der Waals surface area contributed by atoms with E-state index in [1.54, 1.807) is 18.5 Å². The number of nitrogens with one attached hydrogen (secondary N) is 1. The molecule has 0 aliphatic carbocycles. The number of amides is 1. The summed E-state index contributed by atoms with van der Waals surface area (Å²) in [6, 6.07) is 15.4. The highest BCUT2D eigenvalue weighted by molar-refractivity contribution is 6.08. The van der Waals surface area contributed by atoms with E-state index >= 15 is 0 Å². The van der Waals surface area contributed by atoms with Crippen molar-refractivity contribution in [2.45, 2.75) is 0 Å². The van der Waals surface area contributed by atoms with Gasteiger partial charge in [-0.05, 0) is 47.5 Å². The normalized spacial score (nSPS) is 10.8. The van der Waals surface area contributed by atoms with Gasteiger partial charge in [0.1, 0.15) is 17.8 Å². The summed E-state index contributed by atoms with van der Waals surface area (Å²) in [5.41, 5.74) is 12.2. The average Bonchev–Trinajstić information content (AvgIpc) is 3.23. The average molecular weight is 507 g/mol. The minimum absolute atomic E-state index is 0.260. The van der Waals surface area contributed by atoms with Crippen molar-refractivity contribution in [2.24, 2.45) is 7.05 Å². The first kappa shape index (κ1) is 24.4. The fourth-order valence-electron chi connectivity index (χ4n) is 4.34. The lowest BCUT2D eigenvalue weighted by Gasteiger charge is -2.19. The summed E-state index contributed by atoms with van der Waals surface area (Å²) in [5, 5.41) is 3.53. The Balaban J connectivity index is 1.68. The summed E-state index contributed by atoms with van der Waals surface area (Å²) in [5.74, 6) is 0.718. The topological polar surface area (TPSA) is 124 Å². The molecule has 10 heteroatoms. The van der Waals surface area contributed by atoms with Gasteiger partial charge in [-0.1, -0.05) is 24.8 Å². The number of nitrogen functional groups attached to an aromatic ring is 1. The second-order valence-electron chi connectivity index (χ2n) is 8.72. The van der Waals surface area contributed by atoms with Crippen molar-refractivity contribution in [2.75, 3.05) is 30.0 Å². The third-order valence-corrected chi connectivity index (χ3v) is 6.08. The van der Waals surface area contributed by atoms with Gasteiger partial charge >= 0.3 is 6.01 Å². The Bertz CT molecular complexity index is 1640. The second-order valence-corrected chi connectivity index (χ2v) is 8.72. The van der Waals surface area contributed by atoms with Gasteiger partial charge < -0.3 is 25.3 Å². The van der Waals surface area contributed by atoms with Gasteiger partial charge in [-0.25, -0.2) is 19.9 Å². The first-order valence-corrected chi connectivity index (χ1v) is 11.8. The molecule has 0 unspecified atom stereocenters. The van der Waals surface area contributed by atoms with E-state index in [-0.39, 0.29) is 11.9 Å². The van der Waals surface area contributed by atoms with Crippen LogP contribution in [0.4, 0.5) is 17.2 Å². The van der Waals surface area contributed by atoms with Crippen molar-refractivity contribution in [1.29, 1.82) is 0 Å². The Hall–Kier alpha value is -5.25. The molecule has 0 spiro atoms. The molecular formula is C28H26N8O2. The van der Waals surface area contributed by atoms with Crippen molar-refractivity contribution in [1.82, 2.24) is 24.5 Å². The van der Waals surface area contributed by atoms with E-state index < -0.39 is 0 Å². The Morgan fingerprint density at radius 1 is 1.05 bits per heavy atom. The SMILES string of the molecule is C=CC(=O)Nc1ccc(-c2c(-c3ccc(Oc4ncccn4)c(N(C)C)c3)c3c(N)ncnc3n2C)cc1. The van der Waals surface area contributed by atoms with Crippen LogP contribution in [0.3, 0.4) is 0 Å². The van der Waals surface area contributed by atoms with Crippen LogP contribution in [0.5, 0.6) is 11.8 Å². The summed E-state index contributed by atoms with van der Waals surface area (Å²) in [7, 11) is 5.82. The molecule has 5 aromatic rings. The van der Waals surface area contributed by atoms with Crippen LogP contribution in [0.25, 0.3) is 33.4 Å². The quantitative estimate of drug-likeness (QED) is 0.306. The van der Waals surface area contributed by atoms with Crippen LogP contribution in [-0.2, 0) is 11.8 Å². The molecule has 0 fully saturated rings. The first-order chi connectivity index (χ1) is 18.4. The number of hydrogen-bond donors (Lipinski definition) is 2. The zero-order chi connectivity index (χ0) is 26.8. The largest absolute Gasteiger partial charge is 0.422 e. The number of rotatable bonds is 7. The molecule has 0 atom stereocenters. The molecule has 10 nitrogen and oxygen atoms in total. The molecule has 3 heterocycles.